The van der Waals surface area contributed by atoms with E-state index in [9.17, 15) is 4.79 Å². The number of carbonyl (C=O) groups excluding carboxylic acids is 1. The number of ketones is 1. The average molecular weight is 242 g/mol. The predicted octanol–water partition coefficient (Wildman–Crippen LogP) is 2.29. The molecule has 0 saturated carbocycles. The van der Waals surface area contributed by atoms with E-state index in [0.717, 1.165) is 0 Å². The number of para-hydroxylation sites is 1. The first-order valence-electron chi connectivity index (χ1n) is 5.70. The number of nitrogens with two attached hydrogens (primary N) is 1. The van der Waals surface area contributed by atoms with Crippen LogP contribution in [0.5, 0.6) is 5.75 Å². The Morgan fingerprint density at radius 2 is 2.06 bits per heavy atom. The Morgan fingerprint density at radius 1 is 1.28 bits per heavy atom. The zero-order valence-corrected chi connectivity index (χ0v) is 10.1. The first kappa shape index (κ1) is 12.1. The number of nitrogen functional groups attached to an aromatic ring is 1. The van der Waals surface area contributed by atoms with E-state index in [4.69, 9.17) is 10.5 Å². The van der Waals surface area contributed by atoms with Crippen molar-refractivity contribution in [3.63, 3.8) is 0 Å². The van der Waals surface area contributed by atoms with Gasteiger partial charge in [0.1, 0.15) is 5.75 Å². The van der Waals surface area contributed by atoms with Gasteiger partial charge in [-0.05, 0) is 25.1 Å². The summed E-state index contributed by atoms with van der Waals surface area (Å²) in [6.07, 6.45) is 3.02. The quantitative estimate of drug-likeness (QED) is 0.835. The van der Waals surface area contributed by atoms with Gasteiger partial charge in [0, 0.05) is 11.8 Å². The van der Waals surface area contributed by atoms with E-state index in [1.54, 1.807) is 30.5 Å². The summed E-state index contributed by atoms with van der Waals surface area (Å²) >= 11 is 0. The lowest BCUT2D eigenvalue weighted by Crippen LogP contribution is -2.08. The van der Waals surface area contributed by atoms with Gasteiger partial charge in [-0.15, -0.1) is 0 Å². The molecule has 2 rings (SSSR count). The highest BCUT2D eigenvalue weighted by atomic mass is 16.5. The van der Waals surface area contributed by atoms with Crippen LogP contribution in [0.1, 0.15) is 22.8 Å². The van der Waals surface area contributed by atoms with Crippen molar-refractivity contribution < 1.29 is 9.53 Å². The van der Waals surface area contributed by atoms with Crippen molar-refractivity contribution in [3.05, 3.63) is 53.9 Å². The zero-order chi connectivity index (χ0) is 13.0. The average Bonchev–Trinajstić information content (AvgIpc) is 2.40. The number of rotatable bonds is 4. The summed E-state index contributed by atoms with van der Waals surface area (Å²) < 4.78 is 5.44. The maximum atomic E-state index is 12.4. The van der Waals surface area contributed by atoms with Crippen LogP contribution in [0.25, 0.3) is 0 Å². The lowest BCUT2D eigenvalue weighted by molar-refractivity contribution is 0.103. The largest absolute Gasteiger partial charge is 0.493 e. The number of anilines is 1. The van der Waals surface area contributed by atoms with Gasteiger partial charge in [0.05, 0.1) is 24.1 Å². The molecule has 0 spiro atoms. The molecule has 1 aromatic heterocycles. The smallest absolute Gasteiger partial charge is 0.198 e. The summed E-state index contributed by atoms with van der Waals surface area (Å²) in [4.78, 5) is 16.2. The molecular weight excluding hydrogens is 228 g/mol. The van der Waals surface area contributed by atoms with Crippen LogP contribution >= 0.6 is 0 Å². The van der Waals surface area contributed by atoms with Crippen LogP contribution in [0.15, 0.2) is 42.7 Å². The molecule has 0 aliphatic heterocycles. The predicted molar refractivity (Wildman–Crippen MR) is 69.7 cm³/mol. The summed E-state index contributed by atoms with van der Waals surface area (Å²) in [5, 5.41) is 0. The minimum atomic E-state index is -0.154. The van der Waals surface area contributed by atoms with Crippen LogP contribution in [-0.2, 0) is 0 Å². The molecule has 1 heterocycles. The minimum Gasteiger partial charge on any atom is -0.493 e. The number of benzene rings is 1. The Kier molecular flexibility index (Phi) is 3.57. The summed E-state index contributed by atoms with van der Waals surface area (Å²) in [6, 6.07) is 8.74. The standard InChI is InChI=1S/C14H14N2O2/c1-2-18-13-6-4-3-5-11(13)14(17)10-7-8-16-9-12(10)15/h3-9H,2,15H2,1H3. The normalized spacial score (nSPS) is 10.1. The van der Waals surface area contributed by atoms with Crippen LogP contribution in [0.4, 0.5) is 5.69 Å². The van der Waals surface area contributed by atoms with Crippen molar-refractivity contribution in [1.29, 1.82) is 0 Å². The summed E-state index contributed by atoms with van der Waals surface area (Å²) in [7, 11) is 0. The fraction of sp³-hybridized carbons (Fsp3) is 0.143. The first-order valence-corrected chi connectivity index (χ1v) is 5.70. The van der Waals surface area contributed by atoms with E-state index >= 15 is 0 Å². The van der Waals surface area contributed by atoms with Gasteiger partial charge in [-0.1, -0.05) is 12.1 Å². The number of carbonyl (C=O) groups is 1. The Balaban J connectivity index is 2.43. The molecule has 0 unspecified atom stereocenters. The van der Waals surface area contributed by atoms with Crippen LogP contribution in [0.3, 0.4) is 0 Å². The van der Waals surface area contributed by atoms with E-state index in [-0.39, 0.29) is 5.78 Å². The molecule has 0 fully saturated rings. The lowest BCUT2D eigenvalue weighted by atomic mass is 10.0. The number of ether oxygens (including phenoxy) is 1. The second-order valence-electron chi connectivity index (χ2n) is 3.72. The van der Waals surface area contributed by atoms with Crippen molar-refractivity contribution in [2.45, 2.75) is 6.92 Å². The molecule has 18 heavy (non-hydrogen) atoms. The van der Waals surface area contributed by atoms with Gasteiger partial charge in [0.25, 0.3) is 0 Å². The number of hydrogen-bond donors (Lipinski definition) is 1. The fourth-order valence-corrected chi connectivity index (χ4v) is 1.69. The zero-order valence-electron chi connectivity index (χ0n) is 10.1. The lowest BCUT2D eigenvalue weighted by Gasteiger charge is -2.09. The molecule has 0 radical (unpaired) electrons. The van der Waals surface area contributed by atoms with Crippen molar-refractivity contribution in [2.75, 3.05) is 12.3 Å². The topological polar surface area (TPSA) is 65.2 Å². The van der Waals surface area contributed by atoms with Gasteiger partial charge in [-0.25, -0.2) is 0 Å². The number of pyridine rings is 1. The Labute approximate surface area is 105 Å². The SMILES string of the molecule is CCOc1ccccc1C(=O)c1ccncc1N. The second-order valence-corrected chi connectivity index (χ2v) is 3.72. The maximum Gasteiger partial charge on any atom is 0.198 e. The maximum absolute atomic E-state index is 12.4. The molecule has 2 aromatic rings. The molecule has 0 atom stereocenters. The Bertz CT molecular complexity index is 567. The molecule has 2 N–H and O–H groups in total. The molecule has 1 aromatic carbocycles. The number of aromatic nitrogens is 1. The van der Waals surface area contributed by atoms with Crippen molar-refractivity contribution >= 4 is 11.5 Å². The monoisotopic (exact) mass is 242 g/mol. The highest BCUT2D eigenvalue weighted by Crippen LogP contribution is 2.23. The van der Waals surface area contributed by atoms with Crippen LogP contribution in [0, 0.1) is 0 Å². The third-order valence-electron chi connectivity index (χ3n) is 2.53. The van der Waals surface area contributed by atoms with E-state index < -0.39 is 0 Å². The van der Waals surface area contributed by atoms with Crippen LogP contribution in [0.2, 0.25) is 0 Å². The van der Waals surface area contributed by atoms with E-state index in [0.29, 0.717) is 29.2 Å². The third-order valence-corrected chi connectivity index (χ3v) is 2.53. The third kappa shape index (κ3) is 2.32. The summed E-state index contributed by atoms with van der Waals surface area (Å²) in [5.74, 6) is 0.417. The van der Waals surface area contributed by atoms with Crippen LogP contribution < -0.4 is 10.5 Å². The Hall–Kier alpha value is -2.36. The molecule has 0 bridgehead atoms. The second kappa shape index (κ2) is 5.31. The van der Waals surface area contributed by atoms with Crippen LogP contribution in [-0.4, -0.2) is 17.4 Å². The van der Waals surface area contributed by atoms with Crippen molar-refractivity contribution in [3.8, 4) is 5.75 Å². The highest BCUT2D eigenvalue weighted by Gasteiger charge is 2.16. The van der Waals surface area contributed by atoms with Gasteiger partial charge < -0.3 is 10.5 Å². The van der Waals surface area contributed by atoms with Gasteiger partial charge in [0.2, 0.25) is 0 Å². The van der Waals surface area contributed by atoms with Crippen molar-refractivity contribution in [1.82, 2.24) is 4.98 Å². The molecule has 0 amide bonds. The molecule has 0 aliphatic carbocycles. The van der Waals surface area contributed by atoms with E-state index in [1.165, 1.54) is 6.20 Å². The van der Waals surface area contributed by atoms with Crippen molar-refractivity contribution in [2.24, 2.45) is 0 Å². The van der Waals surface area contributed by atoms with Gasteiger partial charge in [0.15, 0.2) is 5.78 Å². The number of nitrogens with zero attached hydrogens (tertiary/aromatic N) is 1. The summed E-state index contributed by atoms with van der Waals surface area (Å²) in [5.41, 5.74) is 7.08. The van der Waals surface area contributed by atoms with Gasteiger partial charge >= 0.3 is 0 Å². The fourth-order valence-electron chi connectivity index (χ4n) is 1.69. The molecule has 4 heteroatoms. The number of hydrogen-bond acceptors (Lipinski definition) is 4. The molecule has 0 saturated heterocycles. The minimum absolute atomic E-state index is 0.154. The molecular formula is C14H14N2O2. The highest BCUT2D eigenvalue weighted by molar-refractivity contribution is 6.13. The molecule has 92 valence electrons. The van der Waals surface area contributed by atoms with E-state index in [2.05, 4.69) is 4.98 Å². The first-order chi connectivity index (χ1) is 8.74. The Morgan fingerprint density at radius 3 is 2.78 bits per heavy atom. The summed E-state index contributed by atoms with van der Waals surface area (Å²) in [6.45, 7) is 2.39. The van der Waals surface area contributed by atoms with Gasteiger partial charge in [-0.2, -0.15) is 0 Å². The van der Waals surface area contributed by atoms with Gasteiger partial charge in [-0.3, -0.25) is 9.78 Å². The molecule has 0 aliphatic rings. The van der Waals surface area contributed by atoms with E-state index in [1.807, 2.05) is 13.0 Å². The molecule has 4 nitrogen and oxygen atoms in total.